The van der Waals surface area contributed by atoms with Crippen molar-refractivity contribution in [3.05, 3.63) is 35.4 Å². The van der Waals surface area contributed by atoms with Gasteiger partial charge in [0, 0.05) is 25.1 Å². The maximum Gasteiger partial charge on any atom is 0.165 e. The van der Waals surface area contributed by atoms with Gasteiger partial charge in [0.25, 0.3) is 0 Å². The molecular formula is C19H23NO3. The van der Waals surface area contributed by atoms with Crippen LogP contribution in [0.3, 0.4) is 0 Å². The van der Waals surface area contributed by atoms with E-state index in [1.165, 1.54) is 30.5 Å². The molecule has 4 heteroatoms. The summed E-state index contributed by atoms with van der Waals surface area (Å²) in [6.45, 7) is 3.17. The number of hydrogen-bond donors (Lipinski definition) is 2. The minimum Gasteiger partial charge on any atom is -0.504 e. The summed E-state index contributed by atoms with van der Waals surface area (Å²) in [5, 5.41) is 20.3. The summed E-state index contributed by atoms with van der Waals surface area (Å²) in [6.07, 6.45) is 7.90. The van der Waals surface area contributed by atoms with Crippen LogP contribution >= 0.6 is 0 Å². The first kappa shape index (κ1) is 13.9. The van der Waals surface area contributed by atoms with Crippen molar-refractivity contribution < 1.29 is 14.9 Å². The molecule has 5 rings (SSSR count). The maximum absolute atomic E-state index is 10.3. The summed E-state index contributed by atoms with van der Waals surface area (Å²) in [6, 6.07) is 3.83. The Morgan fingerprint density at radius 2 is 2.17 bits per heavy atom. The molecule has 122 valence electrons. The lowest BCUT2D eigenvalue weighted by atomic mass is 9.69. The molecule has 1 saturated carbocycles. The summed E-state index contributed by atoms with van der Waals surface area (Å²) in [5.41, 5.74) is 2.27. The largest absolute Gasteiger partial charge is 0.504 e. The monoisotopic (exact) mass is 313 g/mol. The zero-order chi connectivity index (χ0) is 15.6. The SMILES string of the molecule is Oc1ccc2c3c1O[C@H]1C[C@@H](O)C=C[C@@]31CCN(CC1CC1)C2. The molecule has 0 radical (unpaired) electrons. The second-order valence-electron chi connectivity index (χ2n) is 7.69. The Morgan fingerprint density at radius 3 is 3.00 bits per heavy atom. The number of aliphatic hydroxyl groups is 1. The lowest BCUT2D eigenvalue weighted by Gasteiger charge is -2.35. The lowest BCUT2D eigenvalue weighted by Crippen LogP contribution is -2.43. The van der Waals surface area contributed by atoms with Crippen molar-refractivity contribution in [1.29, 1.82) is 0 Å². The zero-order valence-corrected chi connectivity index (χ0v) is 13.2. The standard InChI is InChI=1S/C19H23NO3/c21-14-5-6-19-7-8-20(10-12-1-2-12)11-13-3-4-15(22)18(17(13)19)23-16(19)9-14/h3-6,12,14,16,21-22H,1-2,7-11H2/t14-,16-,19-/m0/s1. The molecule has 23 heavy (non-hydrogen) atoms. The predicted molar refractivity (Wildman–Crippen MR) is 86.6 cm³/mol. The summed E-state index contributed by atoms with van der Waals surface area (Å²) in [4.78, 5) is 2.56. The number of phenolic OH excluding ortho intramolecular Hbond substituents is 1. The van der Waals surface area contributed by atoms with E-state index in [1.807, 2.05) is 6.08 Å². The fraction of sp³-hybridized carbons (Fsp3) is 0.579. The van der Waals surface area contributed by atoms with Crippen LogP contribution in [0.5, 0.6) is 11.5 Å². The van der Waals surface area contributed by atoms with Gasteiger partial charge in [-0.05, 0) is 43.4 Å². The first-order valence-corrected chi connectivity index (χ1v) is 8.77. The molecule has 2 N–H and O–H groups in total. The number of nitrogens with zero attached hydrogens (tertiary/aromatic N) is 1. The molecule has 0 unspecified atom stereocenters. The van der Waals surface area contributed by atoms with Gasteiger partial charge in [-0.1, -0.05) is 18.2 Å². The maximum atomic E-state index is 10.3. The van der Waals surface area contributed by atoms with Crippen molar-refractivity contribution in [2.75, 3.05) is 13.1 Å². The Kier molecular flexibility index (Phi) is 2.86. The van der Waals surface area contributed by atoms with Crippen molar-refractivity contribution in [2.24, 2.45) is 5.92 Å². The highest BCUT2D eigenvalue weighted by Gasteiger charge is 2.52. The fourth-order valence-corrected chi connectivity index (χ4v) is 4.67. The van der Waals surface area contributed by atoms with Crippen LogP contribution in [0.25, 0.3) is 0 Å². The molecule has 1 fully saturated rings. The van der Waals surface area contributed by atoms with Gasteiger partial charge in [0.15, 0.2) is 11.5 Å². The van der Waals surface area contributed by atoms with Crippen LogP contribution in [0.4, 0.5) is 0 Å². The van der Waals surface area contributed by atoms with Gasteiger partial charge in [0.05, 0.1) is 11.5 Å². The number of aliphatic hydroxyl groups excluding tert-OH is 1. The van der Waals surface area contributed by atoms with Crippen molar-refractivity contribution >= 4 is 0 Å². The highest BCUT2D eigenvalue weighted by molar-refractivity contribution is 5.60. The predicted octanol–water partition coefficient (Wildman–Crippen LogP) is 2.33. The van der Waals surface area contributed by atoms with E-state index in [0.717, 1.165) is 25.4 Å². The number of rotatable bonds is 2. The van der Waals surface area contributed by atoms with Crippen LogP contribution in [-0.4, -0.2) is 40.4 Å². The minimum atomic E-state index is -0.448. The van der Waals surface area contributed by atoms with Crippen LogP contribution in [-0.2, 0) is 12.0 Å². The normalized spacial score (nSPS) is 35.3. The molecule has 1 aromatic carbocycles. The van der Waals surface area contributed by atoms with E-state index < -0.39 is 6.10 Å². The van der Waals surface area contributed by atoms with Crippen LogP contribution in [0.1, 0.15) is 36.8 Å². The first-order valence-electron chi connectivity index (χ1n) is 8.77. The minimum absolute atomic E-state index is 0.0644. The Morgan fingerprint density at radius 1 is 1.30 bits per heavy atom. The van der Waals surface area contributed by atoms with Crippen LogP contribution < -0.4 is 4.74 Å². The smallest absolute Gasteiger partial charge is 0.165 e. The Bertz CT molecular complexity index is 681. The summed E-state index contributed by atoms with van der Waals surface area (Å²) < 4.78 is 6.13. The van der Waals surface area contributed by atoms with Gasteiger partial charge in [-0.3, -0.25) is 4.90 Å². The van der Waals surface area contributed by atoms with Gasteiger partial charge in [-0.15, -0.1) is 0 Å². The quantitative estimate of drug-likeness (QED) is 0.823. The molecule has 0 saturated heterocycles. The van der Waals surface area contributed by atoms with Gasteiger partial charge in [0.1, 0.15) is 6.10 Å². The zero-order valence-electron chi connectivity index (χ0n) is 13.2. The molecule has 0 amide bonds. The van der Waals surface area contributed by atoms with E-state index >= 15 is 0 Å². The van der Waals surface area contributed by atoms with E-state index in [-0.39, 0.29) is 17.3 Å². The molecule has 1 spiro atoms. The van der Waals surface area contributed by atoms with E-state index in [1.54, 1.807) is 6.07 Å². The van der Waals surface area contributed by atoms with Crippen molar-refractivity contribution in [1.82, 2.24) is 4.90 Å². The van der Waals surface area contributed by atoms with Gasteiger partial charge in [-0.2, -0.15) is 0 Å². The second-order valence-corrected chi connectivity index (χ2v) is 7.69. The third kappa shape index (κ3) is 2.05. The lowest BCUT2D eigenvalue weighted by molar-refractivity contribution is 0.0808. The van der Waals surface area contributed by atoms with E-state index in [0.29, 0.717) is 12.2 Å². The number of phenols is 1. The molecule has 2 aliphatic heterocycles. The Hall–Kier alpha value is -1.52. The third-order valence-corrected chi connectivity index (χ3v) is 6.04. The molecular weight excluding hydrogens is 290 g/mol. The molecule has 2 heterocycles. The molecule has 3 atom stereocenters. The fourth-order valence-electron chi connectivity index (χ4n) is 4.67. The van der Waals surface area contributed by atoms with E-state index in [2.05, 4.69) is 17.0 Å². The van der Waals surface area contributed by atoms with Gasteiger partial charge >= 0.3 is 0 Å². The van der Waals surface area contributed by atoms with Gasteiger partial charge < -0.3 is 14.9 Å². The number of ether oxygens (including phenoxy) is 1. The number of aromatic hydroxyl groups is 1. The topological polar surface area (TPSA) is 52.9 Å². The first-order chi connectivity index (χ1) is 11.2. The van der Waals surface area contributed by atoms with Crippen LogP contribution in [0.15, 0.2) is 24.3 Å². The number of hydrogen-bond acceptors (Lipinski definition) is 4. The average molecular weight is 313 g/mol. The Labute approximate surface area is 136 Å². The van der Waals surface area contributed by atoms with Crippen LogP contribution in [0.2, 0.25) is 0 Å². The number of benzene rings is 1. The summed E-state index contributed by atoms with van der Waals surface area (Å²) in [7, 11) is 0. The van der Waals surface area contributed by atoms with Crippen molar-refractivity contribution in [3.8, 4) is 11.5 Å². The molecule has 0 bridgehead atoms. The van der Waals surface area contributed by atoms with Crippen molar-refractivity contribution in [3.63, 3.8) is 0 Å². The second kappa shape index (κ2) is 4.74. The average Bonchev–Trinajstić information content (AvgIpc) is 3.30. The van der Waals surface area contributed by atoms with Crippen LogP contribution in [0, 0.1) is 5.92 Å². The summed E-state index contributed by atoms with van der Waals surface area (Å²) in [5.74, 6) is 1.76. The molecule has 1 aromatic rings. The van der Waals surface area contributed by atoms with Gasteiger partial charge in [-0.25, -0.2) is 0 Å². The van der Waals surface area contributed by atoms with Gasteiger partial charge in [0.2, 0.25) is 0 Å². The highest BCUT2D eigenvalue weighted by atomic mass is 16.5. The molecule has 4 nitrogen and oxygen atoms in total. The third-order valence-electron chi connectivity index (χ3n) is 6.04. The van der Waals surface area contributed by atoms with E-state index in [9.17, 15) is 10.2 Å². The Balaban J connectivity index is 1.61. The molecule has 0 aromatic heterocycles. The van der Waals surface area contributed by atoms with Crippen molar-refractivity contribution in [2.45, 2.75) is 49.9 Å². The highest BCUT2D eigenvalue weighted by Crippen LogP contribution is 2.55. The van der Waals surface area contributed by atoms with E-state index in [4.69, 9.17) is 4.74 Å². The summed E-state index contributed by atoms with van der Waals surface area (Å²) >= 11 is 0. The molecule has 4 aliphatic rings. The molecule has 2 aliphatic carbocycles.